The number of nitriles is 1. The topological polar surface area (TPSA) is 33.0 Å². The lowest BCUT2D eigenvalue weighted by atomic mass is 10.2. The number of rotatable bonds is 3. The van der Waals surface area contributed by atoms with Crippen LogP contribution in [0.3, 0.4) is 0 Å². The molecule has 0 unspecified atom stereocenters. The van der Waals surface area contributed by atoms with Gasteiger partial charge < -0.3 is 4.74 Å². The highest BCUT2D eigenvalue weighted by molar-refractivity contribution is 6.31. The van der Waals surface area contributed by atoms with Crippen molar-refractivity contribution in [3.05, 3.63) is 63.6 Å². The van der Waals surface area contributed by atoms with Crippen molar-refractivity contribution in [1.82, 2.24) is 0 Å². The zero-order valence-corrected chi connectivity index (χ0v) is 10.9. The molecule has 0 heterocycles. The predicted octanol–water partition coefficient (Wildman–Crippen LogP) is 4.44. The minimum absolute atomic E-state index is 0.358. The van der Waals surface area contributed by atoms with Gasteiger partial charge in [0.2, 0.25) is 0 Å². The number of ether oxygens (including phenoxy) is 1. The molecule has 4 heteroatoms. The molecule has 0 saturated heterocycles. The molecule has 0 aliphatic carbocycles. The average Bonchev–Trinajstić information content (AvgIpc) is 2.37. The van der Waals surface area contributed by atoms with Gasteiger partial charge in [-0.1, -0.05) is 35.3 Å². The minimum Gasteiger partial charge on any atom is -0.488 e. The van der Waals surface area contributed by atoms with Gasteiger partial charge in [-0.2, -0.15) is 5.26 Å². The van der Waals surface area contributed by atoms with Gasteiger partial charge in [-0.25, -0.2) is 0 Å². The lowest BCUT2D eigenvalue weighted by molar-refractivity contribution is 0.305. The van der Waals surface area contributed by atoms with Crippen LogP contribution < -0.4 is 4.74 Å². The van der Waals surface area contributed by atoms with Gasteiger partial charge in [-0.3, -0.25) is 0 Å². The van der Waals surface area contributed by atoms with E-state index >= 15 is 0 Å². The van der Waals surface area contributed by atoms with Crippen molar-refractivity contribution in [1.29, 1.82) is 5.26 Å². The van der Waals surface area contributed by atoms with E-state index in [1.54, 1.807) is 24.3 Å². The summed E-state index contributed by atoms with van der Waals surface area (Å²) in [6.45, 7) is 0.358. The van der Waals surface area contributed by atoms with E-state index in [2.05, 4.69) is 0 Å². The van der Waals surface area contributed by atoms with Gasteiger partial charge in [0.15, 0.2) is 0 Å². The highest BCUT2D eigenvalue weighted by Crippen LogP contribution is 2.23. The van der Waals surface area contributed by atoms with E-state index in [4.69, 9.17) is 33.2 Å². The Kier molecular flexibility index (Phi) is 4.09. The Balaban J connectivity index is 2.14. The normalized spacial score (nSPS) is 9.83. The molecule has 0 N–H and O–H groups in total. The Bertz CT molecular complexity index is 605. The minimum atomic E-state index is 0.358. The van der Waals surface area contributed by atoms with E-state index in [0.29, 0.717) is 28.0 Å². The number of benzene rings is 2. The monoisotopic (exact) mass is 277 g/mol. The van der Waals surface area contributed by atoms with Crippen molar-refractivity contribution in [2.24, 2.45) is 0 Å². The van der Waals surface area contributed by atoms with E-state index < -0.39 is 0 Å². The van der Waals surface area contributed by atoms with Crippen molar-refractivity contribution < 1.29 is 4.74 Å². The van der Waals surface area contributed by atoms with Gasteiger partial charge in [-0.05, 0) is 35.9 Å². The van der Waals surface area contributed by atoms with Crippen LogP contribution in [0, 0.1) is 11.3 Å². The van der Waals surface area contributed by atoms with Crippen LogP contribution in [0.4, 0.5) is 0 Å². The van der Waals surface area contributed by atoms with E-state index in [1.165, 1.54) is 0 Å². The maximum Gasteiger partial charge on any atom is 0.137 e. The van der Waals surface area contributed by atoms with E-state index in [0.717, 1.165) is 5.56 Å². The second-order valence-corrected chi connectivity index (χ2v) is 4.54. The van der Waals surface area contributed by atoms with Crippen molar-refractivity contribution in [2.75, 3.05) is 0 Å². The average molecular weight is 278 g/mol. The Hall–Kier alpha value is -1.69. The number of hydrogen-bond donors (Lipinski definition) is 0. The smallest absolute Gasteiger partial charge is 0.137 e. The summed E-state index contributed by atoms with van der Waals surface area (Å²) in [6, 6.07) is 14.4. The third-order valence-electron chi connectivity index (χ3n) is 2.35. The molecule has 0 aliphatic heterocycles. The largest absolute Gasteiger partial charge is 0.488 e. The first-order valence-corrected chi connectivity index (χ1v) is 6.01. The van der Waals surface area contributed by atoms with Crippen LogP contribution in [0.25, 0.3) is 0 Å². The van der Waals surface area contributed by atoms with Crippen LogP contribution in [-0.4, -0.2) is 0 Å². The summed E-state index contributed by atoms with van der Waals surface area (Å²) in [6.07, 6.45) is 0. The molecule has 90 valence electrons. The highest BCUT2D eigenvalue weighted by Gasteiger charge is 2.04. The zero-order chi connectivity index (χ0) is 13.0. The molecular weight excluding hydrogens is 269 g/mol. The van der Waals surface area contributed by atoms with Crippen molar-refractivity contribution in [3.63, 3.8) is 0 Å². The summed E-state index contributed by atoms with van der Waals surface area (Å²) in [5, 5.41) is 10.1. The molecule has 0 amide bonds. The van der Waals surface area contributed by atoms with Gasteiger partial charge in [-0.15, -0.1) is 0 Å². The third kappa shape index (κ3) is 3.16. The molecule has 2 aromatic rings. The van der Waals surface area contributed by atoms with Crippen LogP contribution in [-0.2, 0) is 6.61 Å². The first-order chi connectivity index (χ1) is 8.69. The molecule has 0 fully saturated rings. The first-order valence-electron chi connectivity index (χ1n) is 5.26. The molecular formula is C14H9Cl2NO. The number of nitrogens with zero attached hydrogens (tertiary/aromatic N) is 1. The standard InChI is InChI=1S/C14H9Cl2NO/c15-12-3-1-2-10(6-12)9-18-14-5-4-13(16)7-11(14)8-17/h1-7H,9H2. The molecule has 0 radical (unpaired) electrons. The van der Waals surface area contributed by atoms with E-state index in [-0.39, 0.29) is 0 Å². The van der Waals surface area contributed by atoms with Crippen LogP contribution in [0.1, 0.15) is 11.1 Å². The van der Waals surface area contributed by atoms with Gasteiger partial charge >= 0.3 is 0 Å². The fourth-order valence-corrected chi connectivity index (χ4v) is 1.89. The molecule has 0 atom stereocenters. The van der Waals surface area contributed by atoms with Crippen LogP contribution in [0.15, 0.2) is 42.5 Å². The van der Waals surface area contributed by atoms with Gasteiger partial charge in [0.1, 0.15) is 18.4 Å². The Labute approximate surface area is 115 Å². The Morgan fingerprint density at radius 3 is 2.56 bits per heavy atom. The molecule has 0 spiro atoms. The fourth-order valence-electron chi connectivity index (χ4n) is 1.50. The highest BCUT2D eigenvalue weighted by atomic mass is 35.5. The summed E-state index contributed by atoms with van der Waals surface area (Å²) < 4.78 is 5.58. The SMILES string of the molecule is N#Cc1cc(Cl)ccc1OCc1cccc(Cl)c1. The molecule has 0 aliphatic rings. The molecule has 0 bridgehead atoms. The van der Waals surface area contributed by atoms with Crippen LogP contribution in [0.2, 0.25) is 10.0 Å². The molecule has 2 aromatic carbocycles. The first kappa shape index (κ1) is 12.8. The van der Waals surface area contributed by atoms with E-state index in [1.807, 2.05) is 24.3 Å². The number of hydrogen-bond acceptors (Lipinski definition) is 2. The summed E-state index contributed by atoms with van der Waals surface area (Å²) in [7, 11) is 0. The van der Waals surface area contributed by atoms with Crippen molar-refractivity contribution in [3.8, 4) is 11.8 Å². The zero-order valence-electron chi connectivity index (χ0n) is 9.36. The quantitative estimate of drug-likeness (QED) is 0.831. The molecule has 0 aromatic heterocycles. The summed E-state index contributed by atoms with van der Waals surface area (Å²) >= 11 is 11.7. The lowest BCUT2D eigenvalue weighted by Crippen LogP contribution is -1.97. The van der Waals surface area contributed by atoms with Gasteiger partial charge in [0.25, 0.3) is 0 Å². The second kappa shape index (κ2) is 5.77. The Morgan fingerprint density at radius 1 is 1.06 bits per heavy atom. The van der Waals surface area contributed by atoms with Gasteiger partial charge in [0.05, 0.1) is 5.56 Å². The molecule has 0 saturated carbocycles. The summed E-state index contributed by atoms with van der Waals surface area (Å²) in [5.41, 5.74) is 1.37. The van der Waals surface area contributed by atoms with E-state index in [9.17, 15) is 0 Å². The van der Waals surface area contributed by atoms with Crippen molar-refractivity contribution >= 4 is 23.2 Å². The Morgan fingerprint density at radius 2 is 1.83 bits per heavy atom. The molecule has 2 nitrogen and oxygen atoms in total. The predicted molar refractivity (Wildman–Crippen MR) is 72.0 cm³/mol. The molecule has 2 rings (SSSR count). The summed E-state index contributed by atoms with van der Waals surface area (Å²) in [4.78, 5) is 0. The second-order valence-electron chi connectivity index (χ2n) is 3.67. The fraction of sp³-hybridized carbons (Fsp3) is 0.0714. The maximum absolute atomic E-state index is 8.97. The maximum atomic E-state index is 8.97. The van der Waals surface area contributed by atoms with Gasteiger partial charge in [0, 0.05) is 10.0 Å². The van der Waals surface area contributed by atoms with Crippen molar-refractivity contribution in [2.45, 2.75) is 6.61 Å². The molecule has 18 heavy (non-hydrogen) atoms. The van der Waals surface area contributed by atoms with Crippen LogP contribution in [0.5, 0.6) is 5.75 Å². The third-order valence-corrected chi connectivity index (χ3v) is 2.82. The lowest BCUT2D eigenvalue weighted by Gasteiger charge is -2.08. The van der Waals surface area contributed by atoms with Crippen LogP contribution >= 0.6 is 23.2 Å². The summed E-state index contributed by atoms with van der Waals surface area (Å²) in [5.74, 6) is 0.516. The number of halogens is 2.